The second-order valence-corrected chi connectivity index (χ2v) is 6.98. The number of nitrogens with zero attached hydrogens (tertiary/aromatic N) is 5. The zero-order valence-corrected chi connectivity index (χ0v) is 16.3. The first-order valence-electron chi connectivity index (χ1n) is 9.47. The number of aromatic nitrogens is 3. The van der Waals surface area contributed by atoms with Crippen molar-refractivity contribution in [2.45, 2.75) is 0 Å². The molecule has 0 unspecified atom stereocenters. The van der Waals surface area contributed by atoms with Gasteiger partial charge in [-0.3, -0.25) is 14.5 Å². The Kier molecular flexibility index (Phi) is 5.12. The van der Waals surface area contributed by atoms with Gasteiger partial charge in [0.15, 0.2) is 0 Å². The Bertz CT molecular complexity index is 1040. The number of pyridine rings is 1. The molecule has 0 N–H and O–H groups in total. The highest BCUT2D eigenvalue weighted by molar-refractivity contribution is 5.87. The van der Waals surface area contributed by atoms with E-state index in [1.807, 2.05) is 31.6 Å². The second kappa shape index (κ2) is 7.87. The number of hydrogen-bond acceptors (Lipinski definition) is 4. The molecule has 7 heteroatoms. The molecule has 0 atom stereocenters. The van der Waals surface area contributed by atoms with Crippen molar-refractivity contribution < 1.29 is 9.18 Å². The van der Waals surface area contributed by atoms with E-state index in [1.54, 1.807) is 21.7 Å². The molecule has 0 radical (unpaired) electrons. The fourth-order valence-corrected chi connectivity index (χ4v) is 3.54. The average Bonchev–Trinajstić information content (AvgIpc) is 3.19. The van der Waals surface area contributed by atoms with Gasteiger partial charge in [0.1, 0.15) is 5.82 Å². The Labute approximate surface area is 168 Å². The van der Waals surface area contributed by atoms with Crippen molar-refractivity contribution in [3.05, 3.63) is 67.3 Å². The highest BCUT2D eigenvalue weighted by Crippen LogP contribution is 2.33. The molecule has 1 aromatic carbocycles. The highest BCUT2D eigenvalue weighted by Gasteiger charge is 2.23. The van der Waals surface area contributed by atoms with Crippen molar-refractivity contribution in [3.63, 3.8) is 0 Å². The standard InChI is InChI=1S/C22H22FN5O/c1-3-22(29)28-12-10-27(11-13-28)21-15-24-20(16-4-6-17(23)7-5-16)14-18(21)19-8-9-26(2)25-19/h3-9,14-15H,1,10-13H2,2H3. The third kappa shape index (κ3) is 3.89. The van der Waals surface area contributed by atoms with Crippen molar-refractivity contribution >= 4 is 11.6 Å². The lowest BCUT2D eigenvalue weighted by Gasteiger charge is -2.36. The summed E-state index contributed by atoms with van der Waals surface area (Å²) in [4.78, 5) is 20.5. The summed E-state index contributed by atoms with van der Waals surface area (Å²) in [6.07, 6.45) is 5.10. The molecule has 0 aliphatic carbocycles. The predicted molar refractivity (Wildman–Crippen MR) is 111 cm³/mol. The van der Waals surface area contributed by atoms with E-state index in [-0.39, 0.29) is 11.7 Å². The van der Waals surface area contributed by atoms with E-state index < -0.39 is 0 Å². The zero-order chi connectivity index (χ0) is 20.4. The minimum atomic E-state index is -0.276. The number of piperazine rings is 1. The average molecular weight is 391 g/mol. The van der Waals surface area contributed by atoms with Crippen LogP contribution in [0.1, 0.15) is 0 Å². The summed E-state index contributed by atoms with van der Waals surface area (Å²) < 4.78 is 15.1. The van der Waals surface area contributed by atoms with Crippen LogP contribution in [0.5, 0.6) is 0 Å². The summed E-state index contributed by atoms with van der Waals surface area (Å²) in [6, 6.07) is 10.3. The van der Waals surface area contributed by atoms with Crippen molar-refractivity contribution in [1.29, 1.82) is 0 Å². The van der Waals surface area contributed by atoms with Crippen LogP contribution in [0, 0.1) is 5.82 Å². The summed E-state index contributed by atoms with van der Waals surface area (Å²) in [6.45, 7) is 6.24. The van der Waals surface area contributed by atoms with Crippen molar-refractivity contribution in [1.82, 2.24) is 19.7 Å². The van der Waals surface area contributed by atoms with Crippen LogP contribution >= 0.6 is 0 Å². The maximum Gasteiger partial charge on any atom is 0.246 e. The van der Waals surface area contributed by atoms with Gasteiger partial charge in [-0.15, -0.1) is 0 Å². The van der Waals surface area contributed by atoms with E-state index in [9.17, 15) is 9.18 Å². The predicted octanol–water partition coefficient (Wildman–Crippen LogP) is 3.12. The zero-order valence-electron chi connectivity index (χ0n) is 16.3. The summed E-state index contributed by atoms with van der Waals surface area (Å²) in [7, 11) is 1.88. The molecule has 1 saturated heterocycles. The Morgan fingerprint density at radius 2 is 1.83 bits per heavy atom. The van der Waals surface area contributed by atoms with E-state index in [4.69, 9.17) is 0 Å². The number of hydrogen-bond donors (Lipinski definition) is 0. The lowest BCUT2D eigenvalue weighted by Crippen LogP contribution is -2.48. The number of carbonyl (C=O) groups is 1. The van der Waals surface area contributed by atoms with E-state index in [1.165, 1.54) is 18.2 Å². The second-order valence-electron chi connectivity index (χ2n) is 6.98. The topological polar surface area (TPSA) is 54.3 Å². The van der Waals surface area contributed by atoms with Crippen LogP contribution in [0.3, 0.4) is 0 Å². The van der Waals surface area contributed by atoms with Crippen molar-refractivity contribution in [2.75, 3.05) is 31.1 Å². The molecule has 1 amide bonds. The maximum absolute atomic E-state index is 13.3. The molecule has 3 aromatic rings. The van der Waals surface area contributed by atoms with Crippen LogP contribution in [-0.4, -0.2) is 51.8 Å². The molecule has 148 valence electrons. The van der Waals surface area contributed by atoms with Gasteiger partial charge < -0.3 is 9.80 Å². The lowest BCUT2D eigenvalue weighted by atomic mass is 10.0. The fraction of sp³-hybridized carbons (Fsp3) is 0.227. The molecule has 3 heterocycles. The fourth-order valence-electron chi connectivity index (χ4n) is 3.54. The monoisotopic (exact) mass is 391 g/mol. The van der Waals surface area contributed by atoms with Crippen LogP contribution in [0.25, 0.3) is 22.5 Å². The van der Waals surface area contributed by atoms with E-state index in [0.29, 0.717) is 26.2 Å². The first kappa shape index (κ1) is 18.9. The van der Waals surface area contributed by atoms with E-state index >= 15 is 0 Å². The quantitative estimate of drug-likeness (QED) is 0.642. The normalized spacial score (nSPS) is 14.1. The van der Waals surface area contributed by atoms with E-state index in [0.717, 1.165) is 28.2 Å². The van der Waals surface area contributed by atoms with Gasteiger partial charge in [-0.05, 0) is 42.5 Å². The number of carbonyl (C=O) groups excluding carboxylic acids is 1. The van der Waals surface area contributed by atoms with Gasteiger partial charge in [-0.25, -0.2) is 4.39 Å². The summed E-state index contributed by atoms with van der Waals surface area (Å²) in [5.74, 6) is -0.318. The first-order chi connectivity index (χ1) is 14.0. The third-order valence-corrected chi connectivity index (χ3v) is 5.12. The molecule has 0 saturated carbocycles. The molecule has 29 heavy (non-hydrogen) atoms. The molecule has 0 spiro atoms. The Balaban J connectivity index is 1.69. The van der Waals surface area contributed by atoms with Crippen LogP contribution in [0.4, 0.5) is 10.1 Å². The Morgan fingerprint density at radius 1 is 1.10 bits per heavy atom. The van der Waals surface area contributed by atoms with Crippen LogP contribution in [0.15, 0.2) is 61.4 Å². The van der Waals surface area contributed by atoms with Crippen molar-refractivity contribution in [3.8, 4) is 22.5 Å². The van der Waals surface area contributed by atoms with Gasteiger partial charge in [-0.2, -0.15) is 5.10 Å². The lowest BCUT2D eigenvalue weighted by molar-refractivity contribution is -0.126. The number of rotatable bonds is 4. The Morgan fingerprint density at radius 3 is 2.45 bits per heavy atom. The molecule has 4 rings (SSSR count). The number of amides is 1. The van der Waals surface area contributed by atoms with Gasteiger partial charge >= 0.3 is 0 Å². The molecule has 1 fully saturated rings. The molecular formula is C22H22FN5O. The molecule has 6 nitrogen and oxygen atoms in total. The first-order valence-corrected chi connectivity index (χ1v) is 9.47. The summed E-state index contributed by atoms with van der Waals surface area (Å²) >= 11 is 0. The van der Waals surface area contributed by atoms with Crippen LogP contribution in [0.2, 0.25) is 0 Å². The number of benzene rings is 1. The summed E-state index contributed by atoms with van der Waals surface area (Å²) in [5, 5.41) is 4.57. The molecule has 2 aromatic heterocycles. The minimum absolute atomic E-state index is 0.0422. The van der Waals surface area contributed by atoms with Gasteiger partial charge in [-0.1, -0.05) is 6.58 Å². The summed E-state index contributed by atoms with van der Waals surface area (Å²) in [5.41, 5.74) is 4.38. The van der Waals surface area contributed by atoms with Crippen molar-refractivity contribution in [2.24, 2.45) is 7.05 Å². The van der Waals surface area contributed by atoms with Crippen LogP contribution < -0.4 is 4.90 Å². The molecule has 0 bridgehead atoms. The van der Waals surface area contributed by atoms with Gasteiger partial charge in [0.2, 0.25) is 5.91 Å². The van der Waals surface area contributed by atoms with Crippen LogP contribution in [-0.2, 0) is 11.8 Å². The Hall–Kier alpha value is -3.48. The van der Waals surface area contributed by atoms with Gasteiger partial charge in [0.25, 0.3) is 0 Å². The number of aryl methyl sites for hydroxylation is 1. The number of halogens is 1. The smallest absolute Gasteiger partial charge is 0.246 e. The maximum atomic E-state index is 13.3. The molecule has 1 aliphatic rings. The van der Waals surface area contributed by atoms with Gasteiger partial charge in [0, 0.05) is 50.6 Å². The minimum Gasteiger partial charge on any atom is -0.366 e. The van der Waals surface area contributed by atoms with Gasteiger partial charge in [0.05, 0.1) is 23.3 Å². The largest absolute Gasteiger partial charge is 0.366 e. The van der Waals surface area contributed by atoms with E-state index in [2.05, 4.69) is 21.6 Å². The SMILES string of the molecule is C=CC(=O)N1CCN(c2cnc(-c3ccc(F)cc3)cc2-c2ccn(C)n2)CC1. The number of anilines is 1. The molecular weight excluding hydrogens is 369 g/mol. The highest BCUT2D eigenvalue weighted by atomic mass is 19.1. The molecule has 1 aliphatic heterocycles. The third-order valence-electron chi connectivity index (χ3n) is 5.12.